The Kier molecular flexibility index (Phi) is 4.76. The second kappa shape index (κ2) is 6.46. The molecule has 1 aliphatic carbocycles. The molecule has 0 aromatic heterocycles. The molecule has 1 amide bonds. The van der Waals surface area contributed by atoms with E-state index in [-0.39, 0.29) is 24.0 Å². The number of hydrogen-bond acceptors (Lipinski definition) is 4. The minimum atomic E-state index is -0.781. The van der Waals surface area contributed by atoms with Crippen LogP contribution >= 0.6 is 0 Å². The van der Waals surface area contributed by atoms with Crippen LogP contribution in [0.1, 0.15) is 57.8 Å². The molecule has 2 heterocycles. The smallest absolute Gasteiger partial charge is 0.225 e. The summed E-state index contributed by atoms with van der Waals surface area (Å²) in [6.07, 6.45) is 7.90. The standard InChI is InChI=1S/C17H29NO4/c1-21-14-13-18(10-9-17(14)8-5-11-22-17)15(19)12-16(20)6-3-2-4-7-16/h14,20H,2-13H2,1H3/t14-,17-/m0/s1. The van der Waals surface area contributed by atoms with Crippen LogP contribution < -0.4 is 0 Å². The summed E-state index contributed by atoms with van der Waals surface area (Å²) in [7, 11) is 1.71. The first-order valence-corrected chi connectivity index (χ1v) is 8.74. The van der Waals surface area contributed by atoms with E-state index in [1.165, 1.54) is 6.42 Å². The Hall–Kier alpha value is -0.650. The number of carbonyl (C=O) groups excluding carboxylic acids is 1. The summed E-state index contributed by atoms with van der Waals surface area (Å²) in [4.78, 5) is 14.5. The lowest BCUT2D eigenvalue weighted by Crippen LogP contribution is -2.57. The van der Waals surface area contributed by atoms with Gasteiger partial charge in [-0.2, -0.15) is 0 Å². The number of aliphatic hydroxyl groups is 1. The van der Waals surface area contributed by atoms with E-state index in [0.29, 0.717) is 6.54 Å². The van der Waals surface area contributed by atoms with E-state index < -0.39 is 5.60 Å². The average Bonchev–Trinajstić information content (AvgIpc) is 2.97. The van der Waals surface area contributed by atoms with E-state index in [9.17, 15) is 9.90 Å². The second-order valence-electron chi connectivity index (χ2n) is 7.29. The Balaban J connectivity index is 1.60. The van der Waals surface area contributed by atoms with Crippen molar-refractivity contribution >= 4 is 5.91 Å². The van der Waals surface area contributed by atoms with Crippen molar-refractivity contribution in [2.45, 2.75) is 75.1 Å². The van der Waals surface area contributed by atoms with Crippen LogP contribution in [0.4, 0.5) is 0 Å². The number of rotatable bonds is 3. The Bertz CT molecular complexity index is 399. The predicted molar refractivity (Wildman–Crippen MR) is 82.6 cm³/mol. The quantitative estimate of drug-likeness (QED) is 0.864. The molecule has 5 heteroatoms. The maximum absolute atomic E-state index is 12.6. The molecule has 5 nitrogen and oxygen atoms in total. The molecule has 3 aliphatic rings. The van der Waals surface area contributed by atoms with Gasteiger partial charge in [0.1, 0.15) is 6.10 Å². The third-order valence-corrected chi connectivity index (χ3v) is 5.81. The van der Waals surface area contributed by atoms with Crippen LogP contribution in [0, 0.1) is 0 Å². The molecule has 0 bridgehead atoms. The fraction of sp³-hybridized carbons (Fsp3) is 0.941. The highest BCUT2D eigenvalue weighted by atomic mass is 16.5. The molecule has 2 aliphatic heterocycles. The molecule has 3 fully saturated rings. The van der Waals surface area contributed by atoms with Gasteiger partial charge in [0, 0.05) is 26.8 Å². The van der Waals surface area contributed by atoms with Gasteiger partial charge in [0.05, 0.1) is 17.6 Å². The summed E-state index contributed by atoms with van der Waals surface area (Å²) in [5, 5.41) is 10.6. The Morgan fingerprint density at radius 2 is 2.00 bits per heavy atom. The zero-order valence-electron chi connectivity index (χ0n) is 13.7. The number of carbonyl (C=O) groups is 1. The third kappa shape index (κ3) is 3.17. The maximum atomic E-state index is 12.6. The molecule has 126 valence electrons. The lowest BCUT2D eigenvalue weighted by Gasteiger charge is -2.45. The van der Waals surface area contributed by atoms with Gasteiger partial charge in [0.15, 0.2) is 0 Å². The highest BCUT2D eigenvalue weighted by molar-refractivity contribution is 5.77. The molecular formula is C17H29NO4. The predicted octanol–water partition coefficient (Wildman–Crippen LogP) is 1.87. The van der Waals surface area contributed by atoms with Gasteiger partial charge in [0.25, 0.3) is 0 Å². The number of nitrogens with zero attached hydrogens (tertiary/aromatic N) is 1. The van der Waals surface area contributed by atoms with Crippen LogP contribution in [0.25, 0.3) is 0 Å². The highest BCUT2D eigenvalue weighted by Gasteiger charge is 2.48. The summed E-state index contributed by atoms with van der Waals surface area (Å²) in [6.45, 7) is 2.10. The van der Waals surface area contributed by atoms with Gasteiger partial charge >= 0.3 is 0 Å². The molecule has 0 aromatic rings. The van der Waals surface area contributed by atoms with E-state index in [1.807, 2.05) is 4.90 Å². The lowest BCUT2D eigenvalue weighted by molar-refractivity contribution is -0.162. The number of ether oxygens (including phenoxy) is 2. The van der Waals surface area contributed by atoms with Crippen LogP contribution in [0.15, 0.2) is 0 Å². The molecule has 0 aromatic carbocycles. The third-order valence-electron chi connectivity index (χ3n) is 5.81. The first-order chi connectivity index (χ1) is 10.6. The van der Waals surface area contributed by atoms with E-state index in [2.05, 4.69) is 0 Å². The van der Waals surface area contributed by atoms with Gasteiger partial charge in [-0.3, -0.25) is 4.79 Å². The number of piperidine rings is 1. The molecule has 0 unspecified atom stereocenters. The zero-order chi connectivity index (χ0) is 15.6. The van der Waals surface area contributed by atoms with Gasteiger partial charge < -0.3 is 19.5 Å². The molecule has 22 heavy (non-hydrogen) atoms. The highest BCUT2D eigenvalue weighted by Crippen LogP contribution is 2.38. The Labute approximate surface area is 133 Å². The van der Waals surface area contributed by atoms with Crippen molar-refractivity contribution in [3.63, 3.8) is 0 Å². The van der Waals surface area contributed by atoms with Crippen LogP contribution in [-0.2, 0) is 14.3 Å². The zero-order valence-corrected chi connectivity index (χ0v) is 13.7. The van der Waals surface area contributed by atoms with Crippen LogP contribution in [0.2, 0.25) is 0 Å². The summed E-state index contributed by atoms with van der Waals surface area (Å²) >= 11 is 0. The molecular weight excluding hydrogens is 282 g/mol. The Morgan fingerprint density at radius 1 is 1.23 bits per heavy atom. The summed E-state index contributed by atoms with van der Waals surface area (Å²) in [6, 6.07) is 0. The molecule has 1 N–H and O–H groups in total. The van der Waals surface area contributed by atoms with Crippen LogP contribution in [0.5, 0.6) is 0 Å². The lowest BCUT2D eigenvalue weighted by atomic mass is 9.81. The Morgan fingerprint density at radius 3 is 2.64 bits per heavy atom. The van der Waals surface area contributed by atoms with Gasteiger partial charge in [-0.25, -0.2) is 0 Å². The van der Waals surface area contributed by atoms with Crippen molar-refractivity contribution in [2.24, 2.45) is 0 Å². The fourth-order valence-electron chi connectivity index (χ4n) is 4.41. The van der Waals surface area contributed by atoms with Crippen molar-refractivity contribution in [3.8, 4) is 0 Å². The number of amides is 1. The number of likely N-dealkylation sites (tertiary alicyclic amines) is 1. The minimum Gasteiger partial charge on any atom is -0.389 e. The van der Waals surface area contributed by atoms with Crippen molar-refractivity contribution in [3.05, 3.63) is 0 Å². The number of hydrogen-bond donors (Lipinski definition) is 1. The van der Waals surface area contributed by atoms with Gasteiger partial charge in [-0.05, 0) is 32.1 Å². The van der Waals surface area contributed by atoms with E-state index in [1.54, 1.807) is 7.11 Å². The molecule has 0 radical (unpaired) electrons. The fourth-order valence-corrected chi connectivity index (χ4v) is 4.41. The maximum Gasteiger partial charge on any atom is 0.225 e. The van der Waals surface area contributed by atoms with E-state index >= 15 is 0 Å². The SMILES string of the molecule is CO[C@H]1CN(C(=O)CC2(O)CCCCC2)CC[C@@]12CCCO2. The van der Waals surface area contributed by atoms with Crippen molar-refractivity contribution in [1.29, 1.82) is 0 Å². The normalized spacial score (nSPS) is 35.0. The summed E-state index contributed by atoms with van der Waals surface area (Å²) in [5.41, 5.74) is -0.968. The summed E-state index contributed by atoms with van der Waals surface area (Å²) in [5.74, 6) is 0.0688. The van der Waals surface area contributed by atoms with Crippen LogP contribution in [0.3, 0.4) is 0 Å². The topological polar surface area (TPSA) is 59.0 Å². The van der Waals surface area contributed by atoms with Gasteiger partial charge in [-0.15, -0.1) is 0 Å². The average molecular weight is 311 g/mol. The number of methoxy groups -OCH3 is 1. The molecule has 2 saturated heterocycles. The summed E-state index contributed by atoms with van der Waals surface area (Å²) < 4.78 is 11.6. The van der Waals surface area contributed by atoms with Gasteiger partial charge in [-0.1, -0.05) is 19.3 Å². The molecule has 3 rings (SSSR count). The molecule has 1 saturated carbocycles. The van der Waals surface area contributed by atoms with Crippen molar-refractivity contribution < 1.29 is 19.4 Å². The van der Waals surface area contributed by atoms with Gasteiger partial charge in [0.2, 0.25) is 5.91 Å². The molecule has 2 atom stereocenters. The van der Waals surface area contributed by atoms with Crippen LogP contribution in [-0.4, -0.2) is 60.0 Å². The molecule has 1 spiro atoms. The first-order valence-electron chi connectivity index (χ1n) is 8.74. The van der Waals surface area contributed by atoms with E-state index in [0.717, 1.165) is 58.1 Å². The second-order valence-corrected chi connectivity index (χ2v) is 7.29. The minimum absolute atomic E-state index is 0.0475. The van der Waals surface area contributed by atoms with Crippen molar-refractivity contribution in [1.82, 2.24) is 4.90 Å². The monoisotopic (exact) mass is 311 g/mol. The van der Waals surface area contributed by atoms with E-state index in [4.69, 9.17) is 9.47 Å². The largest absolute Gasteiger partial charge is 0.389 e. The first kappa shape index (κ1) is 16.2. The van der Waals surface area contributed by atoms with Crippen molar-refractivity contribution in [2.75, 3.05) is 26.8 Å².